The highest BCUT2D eigenvalue weighted by Gasteiger charge is 2.21. The zero-order valence-corrected chi connectivity index (χ0v) is 11.5. The number of aromatic nitrogens is 1. The predicted octanol–water partition coefficient (Wildman–Crippen LogP) is 4.59. The lowest BCUT2D eigenvalue weighted by atomic mass is 9.85. The molecule has 3 rings (SSSR count). The third kappa shape index (κ3) is 2.20. The number of aryl methyl sites for hydroxylation is 1. The quantitative estimate of drug-likeness (QED) is 0.799. The normalized spacial score (nSPS) is 16.9. The molecule has 100 valence electrons. The van der Waals surface area contributed by atoms with Crippen LogP contribution in [0.1, 0.15) is 66.6 Å². The smallest absolute Gasteiger partial charge is 0.152 e. The number of H-pyrrole nitrogens is 1. The predicted molar refractivity (Wildman–Crippen MR) is 78.9 cm³/mol. The van der Waals surface area contributed by atoms with Gasteiger partial charge in [-0.2, -0.15) is 0 Å². The van der Waals surface area contributed by atoms with Gasteiger partial charge in [0.15, 0.2) is 6.29 Å². The topological polar surface area (TPSA) is 32.9 Å². The molecule has 1 saturated carbocycles. The second-order valence-electron chi connectivity index (χ2n) is 5.64. The Balaban J connectivity index is 2.10. The molecule has 19 heavy (non-hydrogen) atoms. The lowest BCUT2D eigenvalue weighted by Gasteiger charge is -2.21. The zero-order valence-electron chi connectivity index (χ0n) is 11.5. The SMILES string of the molecule is CCc1ccc2[nH]c(C3CCCCC3)c(C=O)c2c1. The molecule has 0 amide bonds. The van der Waals surface area contributed by atoms with E-state index in [1.54, 1.807) is 0 Å². The summed E-state index contributed by atoms with van der Waals surface area (Å²) in [6.07, 6.45) is 8.41. The van der Waals surface area contributed by atoms with Crippen molar-refractivity contribution >= 4 is 17.2 Å². The largest absolute Gasteiger partial charge is 0.358 e. The molecule has 1 N–H and O–H groups in total. The Morgan fingerprint density at radius 3 is 2.74 bits per heavy atom. The first-order valence-corrected chi connectivity index (χ1v) is 7.43. The third-order valence-electron chi connectivity index (χ3n) is 4.47. The van der Waals surface area contributed by atoms with Crippen molar-refractivity contribution in [3.8, 4) is 0 Å². The van der Waals surface area contributed by atoms with Crippen LogP contribution in [0.2, 0.25) is 0 Å². The Kier molecular flexibility index (Phi) is 3.41. The number of hydrogen-bond acceptors (Lipinski definition) is 1. The van der Waals surface area contributed by atoms with Gasteiger partial charge in [0.05, 0.1) is 0 Å². The summed E-state index contributed by atoms with van der Waals surface area (Å²) in [6.45, 7) is 2.15. The standard InChI is InChI=1S/C17H21NO/c1-2-12-8-9-16-14(10-12)15(11-19)17(18-16)13-6-4-3-5-7-13/h8-11,13,18H,2-7H2,1H3. The maximum atomic E-state index is 11.5. The number of nitrogens with one attached hydrogen (secondary N) is 1. The number of aldehydes is 1. The van der Waals surface area contributed by atoms with Gasteiger partial charge in [-0.25, -0.2) is 0 Å². The molecule has 0 spiro atoms. The van der Waals surface area contributed by atoms with Crippen molar-refractivity contribution in [1.29, 1.82) is 0 Å². The third-order valence-corrected chi connectivity index (χ3v) is 4.47. The first-order chi connectivity index (χ1) is 9.33. The van der Waals surface area contributed by atoms with Gasteiger partial charge in [0, 0.05) is 22.2 Å². The molecule has 1 heterocycles. The molecule has 2 heteroatoms. The molecular weight excluding hydrogens is 234 g/mol. The molecular formula is C17H21NO. The lowest BCUT2D eigenvalue weighted by molar-refractivity contribution is 0.112. The number of fused-ring (bicyclic) bond motifs is 1. The Morgan fingerprint density at radius 2 is 2.05 bits per heavy atom. The second kappa shape index (κ2) is 5.20. The van der Waals surface area contributed by atoms with Crippen molar-refractivity contribution in [2.45, 2.75) is 51.4 Å². The molecule has 0 bridgehead atoms. The highest BCUT2D eigenvalue weighted by atomic mass is 16.1. The van der Waals surface area contributed by atoms with Gasteiger partial charge in [-0.05, 0) is 42.9 Å². The molecule has 1 aromatic carbocycles. The van der Waals surface area contributed by atoms with E-state index in [9.17, 15) is 4.79 Å². The van der Waals surface area contributed by atoms with Crippen LogP contribution in [-0.4, -0.2) is 11.3 Å². The van der Waals surface area contributed by atoms with Crippen LogP contribution in [0.15, 0.2) is 18.2 Å². The Hall–Kier alpha value is -1.57. The average molecular weight is 255 g/mol. The van der Waals surface area contributed by atoms with E-state index in [1.165, 1.54) is 43.4 Å². The van der Waals surface area contributed by atoms with Crippen LogP contribution in [0, 0.1) is 0 Å². The second-order valence-corrected chi connectivity index (χ2v) is 5.64. The Morgan fingerprint density at radius 1 is 1.26 bits per heavy atom. The maximum Gasteiger partial charge on any atom is 0.152 e. The lowest BCUT2D eigenvalue weighted by Crippen LogP contribution is -2.06. The number of carbonyl (C=O) groups is 1. The number of hydrogen-bond donors (Lipinski definition) is 1. The van der Waals surface area contributed by atoms with Gasteiger partial charge < -0.3 is 4.98 Å². The average Bonchev–Trinajstić information content (AvgIpc) is 2.85. The van der Waals surface area contributed by atoms with Crippen LogP contribution < -0.4 is 0 Å². The first kappa shape index (κ1) is 12.5. The number of aromatic amines is 1. The van der Waals surface area contributed by atoms with Gasteiger partial charge in [0.2, 0.25) is 0 Å². The molecule has 0 radical (unpaired) electrons. The monoisotopic (exact) mass is 255 g/mol. The minimum atomic E-state index is 0.548. The van der Waals surface area contributed by atoms with Crippen molar-refractivity contribution < 1.29 is 4.79 Å². The molecule has 1 aliphatic carbocycles. The van der Waals surface area contributed by atoms with Gasteiger partial charge in [0.1, 0.15) is 0 Å². The minimum absolute atomic E-state index is 0.548. The fourth-order valence-corrected chi connectivity index (χ4v) is 3.34. The highest BCUT2D eigenvalue weighted by Crippen LogP contribution is 2.36. The highest BCUT2D eigenvalue weighted by molar-refractivity contribution is 5.99. The molecule has 1 aliphatic rings. The summed E-state index contributed by atoms with van der Waals surface area (Å²) in [5.41, 5.74) is 4.49. The Bertz CT molecular complexity index is 591. The van der Waals surface area contributed by atoms with E-state index in [0.29, 0.717) is 5.92 Å². The summed E-state index contributed by atoms with van der Waals surface area (Å²) in [5.74, 6) is 0.548. The van der Waals surface area contributed by atoms with Crippen LogP contribution in [0.4, 0.5) is 0 Å². The van der Waals surface area contributed by atoms with E-state index in [0.717, 1.165) is 29.2 Å². The summed E-state index contributed by atoms with van der Waals surface area (Å²) >= 11 is 0. The van der Waals surface area contributed by atoms with Gasteiger partial charge in [-0.15, -0.1) is 0 Å². The molecule has 1 fully saturated rings. The van der Waals surface area contributed by atoms with E-state index in [1.807, 2.05) is 0 Å². The van der Waals surface area contributed by atoms with E-state index in [4.69, 9.17) is 0 Å². The summed E-state index contributed by atoms with van der Waals surface area (Å²) < 4.78 is 0. The number of benzene rings is 1. The van der Waals surface area contributed by atoms with E-state index >= 15 is 0 Å². The van der Waals surface area contributed by atoms with Crippen molar-refractivity contribution in [2.75, 3.05) is 0 Å². The van der Waals surface area contributed by atoms with Gasteiger partial charge >= 0.3 is 0 Å². The minimum Gasteiger partial charge on any atom is -0.358 e. The van der Waals surface area contributed by atoms with Crippen molar-refractivity contribution in [3.05, 3.63) is 35.0 Å². The molecule has 0 aliphatic heterocycles. The van der Waals surface area contributed by atoms with Crippen LogP contribution in [0.5, 0.6) is 0 Å². The van der Waals surface area contributed by atoms with Crippen LogP contribution >= 0.6 is 0 Å². The van der Waals surface area contributed by atoms with E-state index in [2.05, 4.69) is 30.1 Å². The fourth-order valence-electron chi connectivity index (χ4n) is 3.34. The summed E-state index contributed by atoms with van der Waals surface area (Å²) in [6, 6.07) is 6.44. The molecule has 0 atom stereocenters. The molecule has 2 aromatic rings. The van der Waals surface area contributed by atoms with Crippen molar-refractivity contribution in [3.63, 3.8) is 0 Å². The van der Waals surface area contributed by atoms with E-state index < -0.39 is 0 Å². The number of rotatable bonds is 3. The van der Waals surface area contributed by atoms with E-state index in [-0.39, 0.29) is 0 Å². The zero-order chi connectivity index (χ0) is 13.2. The van der Waals surface area contributed by atoms with Crippen LogP contribution in [-0.2, 0) is 6.42 Å². The van der Waals surface area contributed by atoms with Crippen LogP contribution in [0.3, 0.4) is 0 Å². The fraction of sp³-hybridized carbons (Fsp3) is 0.471. The summed E-state index contributed by atoms with van der Waals surface area (Å²) in [4.78, 5) is 15.0. The van der Waals surface area contributed by atoms with Gasteiger partial charge in [-0.3, -0.25) is 4.79 Å². The molecule has 0 unspecified atom stereocenters. The van der Waals surface area contributed by atoms with Gasteiger partial charge in [0.25, 0.3) is 0 Å². The first-order valence-electron chi connectivity index (χ1n) is 7.43. The molecule has 1 aromatic heterocycles. The van der Waals surface area contributed by atoms with Crippen molar-refractivity contribution in [2.24, 2.45) is 0 Å². The maximum absolute atomic E-state index is 11.5. The Labute approximate surface area is 114 Å². The number of carbonyl (C=O) groups excluding carboxylic acids is 1. The van der Waals surface area contributed by atoms with Crippen molar-refractivity contribution in [1.82, 2.24) is 4.98 Å². The summed E-state index contributed by atoms with van der Waals surface area (Å²) in [5, 5.41) is 1.11. The van der Waals surface area contributed by atoms with Crippen LogP contribution in [0.25, 0.3) is 10.9 Å². The van der Waals surface area contributed by atoms with Gasteiger partial charge in [-0.1, -0.05) is 32.3 Å². The summed E-state index contributed by atoms with van der Waals surface area (Å²) in [7, 11) is 0. The molecule has 2 nitrogen and oxygen atoms in total. The molecule has 0 saturated heterocycles.